The van der Waals surface area contributed by atoms with Crippen LogP contribution in [-0.2, 0) is 13.5 Å². The largest absolute Gasteiger partial charge is 0.329 e. The van der Waals surface area contributed by atoms with E-state index in [-0.39, 0.29) is 6.04 Å². The van der Waals surface area contributed by atoms with Crippen LogP contribution in [0.2, 0.25) is 0 Å². The molecule has 2 unspecified atom stereocenters. The van der Waals surface area contributed by atoms with Crippen molar-refractivity contribution in [2.24, 2.45) is 12.8 Å². The predicted octanol–water partition coefficient (Wildman–Crippen LogP) is 2.35. The molecule has 0 aliphatic heterocycles. The first-order chi connectivity index (χ1) is 9.54. The SMILES string of the molecule is Cc1c(C(CN)N(C)C(C)Cc2cccs2)cnn1C. The lowest BCUT2D eigenvalue weighted by Gasteiger charge is -2.32. The fourth-order valence-electron chi connectivity index (χ4n) is 2.53. The van der Waals surface area contributed by atoms with E-state index in [0.717, 1.165) is 6.42 Å². The van der Waals surface area contributed by atoms with Crippen molar-refractivity contribution in [3.05, 3.63) is 39.8 Å². The highest BCUT2D eigenvalue weighted by molar-refractivity contribution is 7.09. The number of hydrogen-bond acceptors (Lipinski definition) is 4. The number of nitrogens with two attached hydrogens (primary N) is 1. The van der Waals surface area contributed by atoms with Crippen LogP contribution in [0.25, 0.3) is 0 Å². The first-order valence-corrected chi connectivity index (χ1v) is 7.85. The highest BCUT2D eigenvalue weighted by Gasteiger charge is 2.23. The second-order valence-electron chi connectivity index (χ2n) is 5.36. The van der Waals surface area contributed by atoms with Crippen molar-refractivity contribution in [2.75, 3.05) is 13.6 Å². The number of aromatic nitrogens is 2. The van der Waals surface area contributed by atoms with Crippen LogP contribution in [0.1, 0.15) is 29.1 Å². The molecule has 0 aliphatic rings. The zero-order chi connectivity index (χ0) is 14.7. The van der Waals surface area contributed by atoms with Gasteiger partial charge in [-0.05, 0) is 38.8 Å². The van der Waals surface area contributed by atoms with Gasteiger partial charge >= 0.3 is 0 Å². The number of thiophene rings is 1. The van der Waals surface area contributed by atoms with Gasteiger partial charge in [-0.2, -0.15) is 5.10 Å². The van der Waals surface area contributed by atoms with Crippen LogP contribution in [0.15, 0.2) is 23.7 Å². The van der Waals surface area contributed by atoms with E-state index in [4.69, 9.17) is 5.73 Å². The van der Waals surface area contributed by atoms with Gasteiger partial charge in [0.05, 0.1) is 12.2 Å². The summed E-state index contributed by atoms with van der Waals surface area (Å²) in [4.78, 5) is 3.78. The van der Waals surface area contributed by atoms with Crippen molar-refractivity contribution in [3.8, 4) is 0 Å². The minimum Gasteiger partial charge on any atom is -0.329 e. The summed E-state index contributed by atoms with van der Waals surface area (Å²) >= 11 is 1.82. The summed E-state index contributed by atoms with van der Waals surface area (Å²) in [7, 11) is 4.13. The van der Waals surface area contributed by atoms with Gasteiger partial charge in [-0.15, -0.1) is 11.3 Å². The Balaban J connectivity index is 2.12. The van der Waals surface area contributed by atoms with E-state index in [1.165, 1.54) is 16.1 Å². The topological polar surface area (TPSA) is 47.1 Å². The smallest absolute Gasteiger partial charge is 0.0540 e. The molecule has 0 radical (unpaired) electrons. The Morgan fingerprint density at radius 2 is 2.25 bits per heavy atom. The normalized spacial score (nSPS) is 14.7. The monoisotopic (exact) mass is 292 g/mol. The van der Waals surface area contributed by atoms with Crippen molar-refractivity contribution in [3.63, 3.8) is 0 Å². The number of nitrogens with zero attached hydrogens (tertiary/aromatic N) is 3. The molecule has 2 heterocycles. The first kappa shape index (κ1) is 15.2. The van der Waals surface area contributed by atoms with E-state index in [9.17, 15) is 0 Å². The Morgan fingerprint density at radius 1 is 1.50 bits per heavy atom. The Labute approximate surface area is 125 Å². The van der Waals surface area contributed by atoms with Crippen LogP contribution in [0.4, 0.5) is 0 Å². The molecule has 2 atom stereocenters. The molecule has 0 amide bonds. The number of hydrogen-bond donors (Lipinski definition) is 1. The van der Waals surface area contributed by atoms with Crippen molar-refractivity contribution < 1.29 is 0 Å². The summed E-state index contributed by atoms with van der Waals surface area (Å²) in [6.45, 7) is 4.97. The van der Waals surface area contributed by atoms with Crippen molar-refractivity contribution in [1.29, 1.82) is 0 Å². The zero-order valence-electron chi connectivity index (χ0n) is 12.7. The Bertz CT molecular complexity index is 532. The lowest BCUT2D eigenvalue weighted by atomic mass is 10.0. The van der Waals surface area contributed by atoms with Crippen molar-refractivity contribution in [1.82, 2.24) is 14.7 Å². The van der Waals surface area contributed by atoms with E-state index >= 15 is 0 Å². The van der Waals surface area contributed by atoms with Gasteiger partial charge in [0.15, 0.2) is 0 Å². The van der Waals surface area contributed by atoms with Gasteiger partial charge in [0, 0.05) is 35.8 Å². The molecule has 2 rings (SSSR count). The minimum absolute atomic E-state index is 0.221. The quantitative estimate of drug-likeness (QED) is 0.889. The number of rotatable bonds is 6. The fraction of sp³-hybridized carbons (Fsp3) is 0.533. The Kier molecular flexibility index (Phi) is 4.96. The van der Waals surface area contributed by atoms with Gasteiger partial charge < -0.3 is 5.73 Å². The third kappa shape index (κ3) is 3.11. The van der Waals surface area contributed by atoms with Crippen LogP contribution < -0.4 is 5.73 Å². The standard InChI is InChI=1S/C15H24N4S/c1-11(8-13-6-5-7-20-13)18(3)15(9-16)14-10-17-19(4)12(14)2/h5-7,10-11,15H,8-9,16H2,1-4H3. The molecule has 0 saturated carbocycles. The highest BCUT2D eigenvalue weighted by Crippen LogP contribution is 2.25. The number of likely N-dealkylation sites (N-methyl/N-ethyl adjacent to an activating group) is 1. The molecule has 2 aromatic rings. The molecule has 0 bridgehead atoms. The van der Waals surface area contributed by atoms with E-state index in [1.54, 1.807) is 0 Å². The maximum Gasteiger partial charge on any atom is 0.0540 e. The van der Waals surface area contributed by atoms with E-state index in [1.807, 2.05) is 29.3 Å². The lowest BCUT2D eigenvalue weighted by molar-refractivity contribution is 0.188. The van der Waals surface area contributed by atoms with Crippen LogP contribution >= 0.6 is 11.3 Å². The van der Waals surface area contributed by atoms with Gasteiger partial charge in [-0.1, -0.05) is 6.07 Å². The summed E-state index contributed by atoms with van der Waals surface area (Å²) in [5.74, 6) is 0. The predicted molar refractivity (Wildman–Crippen MR) is 85.0 cm³/mol. The van der Waals surface area contributed by atoms with Crippen LogP contribution in [-0.4, -0.2) is 34.3 Å². The number of aryl methyl sites for hydroxylation is 1. The Hall–Kier alpha value is -1.17. The van der Waals surface area contributed by atoms with Crippen LogP contribution in [0, 0.1) is 6.92 Å². The summed E-state index contributed by atoms with van der Waals surface area (Å²) in [6, 6.07) is 4.97. The molecule has 0 fully saturated rings. The molecule has 5 heteroatoms. The zero-order valence-corrected chi connectivity index (χ0v) is 13.5. The lowest BCUT2D eigenvalue weighted by Crippen LogP contribution is -2.38. The summed E-state index contributed by atoms with van der Waals surface area (Å²) in [6.07, 6.45) is 3.01. The van der Waals surface area contributed by atoms with E-state index < -0.39 is 0 Å². The summed E-state index contributed by atoms with van der Waals surface area (Å²) in [5, 5.41) is 6.47. The minimum atomic E-state index is 0.221. The average molecular weight is 292 g/mol. The molecule has 0 saturated heterocycles. The second-order valence-corrected chi connectivity index (χ2v) is 6.39. The van der Waals surface area contributed by atoms with Gasteiger partial charge in [0.25, 0.3) is 0 Å². The van der Waals surface area contributed by atoms with Crippen LogP contribution in [0.5, 0.6) is 0 Å². The van der Waals surface area contributed by atoms with E-state index in [2.05, 4.69) is 48.4 Å². The van der Waals surface area contributed by atoms with Gasteiger partial charge in [0.2, 0.25) is 0 Å². The summed E-state index contributed by atoms with van der Waals surface area (Å²) < 4.78 is 1.91. The van der Waals surface area contributed by atoms with Crippen LogP contribution in [0.3, 0.4) is 0 Å². The molecular formula is C15H24N4S. The first-order valence-electron chi connectivity index (χ1n) is 6.97. The molecule has 0 aliphatic carbocycles. The molecule has 20 heavy (non-hydrogen) atoms. The average Bonchev–Trinajstić information content (AvgIpc) is 3.04. The molecule has 4 nitrogen and oxygen atoms in total. The molecule has 0 aromatic carbocycles. The fourth-order valence-corrected chi connectivity index (χ4v) is 3.35. The molecule has 2 aromatic heterocycles. The molecular weight excluding hydrogens is 268 g/mol. The third-order valence-corrected chi connectivity index (χ3v) is 5.02. The molecule has 2 N–H and O–H groups in total. The Morgan fingerprint density at radius 3 is 2.75 bits per heavy atom. The van der Waals surface area contributed by atoms with Crippen molar-refractivity contribution >= 4 is 11.3 Å². The van der Waals surface area contributed by atoms with Gasteiger partial charge in [0.1, 0.15) is 0 Å². The van der Waals surface area contributed by atoms with Gasteiger partial charge in [-0.25, -0.2) is 0 Å². The van der Waals surface area contributed by atoms with Gasteiger partial charge in [-0.3, -0.25) is 9.58 Å². The highest BCUT2D eigenvalue weighted by atomic mass is 32.1. The molecule has 110 valence electrons. The second kappa shape index (κ2) is 6.52. The van der Waals surface area contributed by atoms with E-state index in [0.29, 0.717) is 12.6 Å². The summed E-state index contributed by atoms with van der Waals surface area (Å²) in [5.41, 5.74) is 8.44. The maximum absolute atomic E-state index is 6.02. The van der Waals surface area contributed by atoms with Crippen molar-refractivity contribution in [2.45, 2.75) is 32.4 Å². The maximum atomic E-state index is 6.02. The third-order valence-electron chi connectivity index (χ3n) is 4.12. The molecule has 0 spiro atoms.